The normalized spacial score (nSPS) is 11.8. The number of benzene rings is 10. The van der Waals surface area contributed by atoms with Crippen LogP contribution in [0.15, 0.2) is 255 Å². The Bertz CT molecular complexity index is 3500. The number of fused-ring (bicyclic) bond motifs is 6. The van der Waals surface area contributed by atoms with Crippen molar-refractivity contribution in [1.29, 1.82) is 0 Å². The third kappa shape index (κ3) is 5.71. The Labute approximate surface area is 368 Å². The van der Waals surface area contributed by atoms with Gasteiger partial charge >= 0.3 is 0 Å². The van der Waals surface area contributed by atoms with Crippen LogP contribution in [0.5, 0.6) is 0 Å². The van der Waals surface area contributed by atoms with Gasteiger partial charge in [-0.05, 0) is 61.7 Å². The van der Waals surface area contributed by atoms with E-state index in [4.69, 9.17) is 0 Å². The van der Waals surface area contributed by atoms with Crippen LogP contribution in [0.25, 0.3) is 77.2 Å². The summed E-state index contributed by atoms with van der Waals surface area (Å²) < 4.78 is 5.16. The number of aromatic nitrogens is 2. The van der Waals surface area contributed by atoms with Gasteiger partial charge in [0.1, 0.15) is 0 Å². The summed E-state index contributed by atoms with van der Waals surface area (Å²) in [6, 6.07) is 94.4. The molecule has 2 nitrogen and oxygen atoms in total. The van der Waals surface area contributed by atoms with Crippen LogP contribution in [0.1, 0.15) is 0 Å². The molecular weight excluding hydrogens is 777 g/mol. The Hall–Kier alpha value is -7.98. The average molecular weight is 819 g/mol. The topological polar surface area (TPSA) is 9.86 Å². The second-order valence-electron chi connectivity index (χ2n) is 16.4. The summed E-state index contributed by atoms with van der Waals surface area (Å²) in [5, 5.41) is 10.3. The molecule has 2 aromatic heterocycles. The van der Waals surface area contributed by atoms with E-state index in [0.717, 1.165) is 11.4 Å². The van der Waals surface area contributed by atoms with Gasteiger partial charge in [0.15, 0.2) is 8.07 Å². The smallest absolute Gasteiger partial charge is 0.181 e. The predicted octanol–water partition coefficient (Wildman–Crippen LogP) is 12.6. The SMILES string of the molecule is c1ccc(-c2ccccc2-n2c3cccc(-c4ccccc4)c3c3cccc(-n4c5ccccc5c5cccc([Si](c6ccccc6)(c6ccccc6)c6ccccc6)c54)c32)cc1. The fraction of sp³-hybridized carbons (Fsp3) is 0. The lowest BCUT2D eigenvalue weighted by atomic mass is 9.99. The standard InChI is InChI=1S/C60H42N2Si/c1-6-23-43(24-7-1)48-33-16-18-38-53(48)61-55-40-20-35-49(44-25-8-2-9-26-44)58(55)52-37-21-41-56(59(52)61)62-54-39-19-17-34-50(54)51-36-22-42-57(60(51)62)63(45-27-10-3-11-28-45,46-29-12-4-13-30-46)47-31-14-5-15-32-47/h1-42H. The molecule has 296 valence electrons. The van der Waals surface area contributed by atoms with Gasteiger partial charge in [-0.2, -0.15) is 0 Å². The number of hydrogen-bond donors (Lipinski definition) is 0. The lowest BCUT2D eigenvalue weighted by Gasteiger charge is -2.35. The van der Waals surface area contributed by atoms with Crippen molar-refractivity contribution in [1.82, 2.24) is 9.13 Å². The molecule has 10 aromatic carbocycles. The molecule has 0 bridgehead atoms. The number of para-hydroxylation sites is 4. The molecule has 2 heterocycles. The number of rotatable bonds is 8. The summed E-state index contributed by atoms with van der Waals surface area (Å²) in [7, 11) is -3.00. The van der Waals surface area contributed by atoms with Gasteiger partial charge in [0.05, 0.1) is 33.4 Å². The van der Waals surface area contributed by atoms with Gasteiger partial charge in [-0.15, -0.1) is 0 Å². The molecule has 0 saturated carbocycles. The van der Waals surface area contributed by atoms with Crippen molar-refractivity contribution in [2.75, 3.05) is 0 Å². The molecule has 0 N–H and O–H groups in total. The molecule has 12 aromatic rings. The fourth-order valence-corrected chi connectivity index (χ4v) is 15.5. The van der Waals surface area contributed by atoms with Crippen molar-refractivity contribution >= 4 is 72.4 Å². The summed E-state index contributed by atoms with van der Waals surface area (Å²) >= 11 is 0. The molecule has 12 rings (SSSR count). The van der Waals surface area contributed by atoms with Crippen LogP contribution in [0, 0.1) is 0 Å². The van der Waals surface area contributed by atoms with Gasteiger partial charge in [0, 0.05) is 27.1 Å². The van der Waals surface area contributed by atoms with Crippen molar-refractivity contribution in [3.63, 3.8) is 0 Å². The van der Waals surface area contributed by atoms with Gasteiger partial charge in [0.25, 0.3) is 0 Å². The molecule has 0 radical (unpaired) electrons. The first-order chi connectivity index (χ1) is 31.3. The molecule has 63 heavy (non-hydrogen) atoms. The van der Waals surface area contributed by atoms with Crippen LogP contribution >= 0.6 is 0 Å². The molecule has 0 spiro atoms. The Morgan fingerprint density at radius 2 is 0.698 bits per heavy atom. The first-order valence-corrected chi connectivity index (χ1v) is 23.8. The molecule has 0 aliphatic carbocycles. The highest BCUT2D eigenvalue weighted by Gasteiger charge is 2.43. The van der Waals surface area contributed by atoms with Crippen LogP contribution in [-0.2, 0) is 0 Å². The Kier molecular flexibility index (Phi) is 8.87. The molecule has 0 amide bonds. The molecule has 3 heteroatoms. The molecule has 0 fully saturated rings. The van der Waals surface area contributed by atoms with Crippen molar-refractivity contribution in [3.8, 4) is 33.6 Å². The highest BCUT2D eigenvalue weighted by molar-refractivity contribution is 7.20. The quantitative estimate of drug-likeness (QED) is 0.107. The molecule has 0 saturated heterocycles. The first-order valence-electron chi connectivity index (χ1n) is 21.8. The third-order valence-electron chi connectivity index (χ3n) is 13.1. The summed E-state index contributed by atoms with van der Waals surface area (Å²) in [4.78, 5) is 0. The van der Waals surface area contributed by atoms with E-state index in [-0.39, 0.29) is 0 Å². The van der Waals surface area contributed by atoms with E-state index in [9.17, 15) is 0 Å². The van der Waals surface area contributed by atoms with Crippen molar-refractivity contribution < 1.29 is 0 Å². The maximum absolute atomic E-state index is 3.00. The van der Waals surface area contributed by atoms with Crippen LogP contribution < -0.4 is 20.7 Å². The zero-order chi connectivity index (χ0) is 41.7. The highest BCUT2D eigenvalue weighted by Crippen LogP contribution is 2.44. The second kappa shape index (κ2) is 15.2. The van der Waals surface area contributed by atoms with E-state index in [1.54, 1.807) is 0 Å². The van der Waals surface area contributed by atoms with Gasteiger partial charge < -0.3 is 9.13 Å². The lowest BCUT2D eigenvalue weighted by molar-refractivity contribution is 1.13. The number of nitrogens with zero attached hydrogens (tertiary/aromatic N) is 2. The second-order valence-corrected chi connectivity index (χ2v) is 20.1. The van der Waals surface area contributed by atoms with Crippen LogP contribution in [-0.4, -0.2) is 17.2 Å². The third-order valence-corrected chi connectivity index (χ3v) is 17.9. The predicted molar refractivity (Wildman–Crippen MR) is 270 cm³/mol. The summed E-state index contributed by atoms with van der Waals surface area (Å²) in [5.41, 5.74) is 11.8. The van der Waals surface area contributed by atoms with Gasteiger partial charge in [-0.1, -0.05) is 231 Å². The van der Waals surface area contributed by atoms with E-state index in [1.165, 1.54) is 86.6 Å². The Morgan fingerprint density at radius 3 is 1.35 bits per heavy atom. The Morgan fingerprint density at radius 1 is 0.270 bits per heavy atom. The van der Waals surface area contributed by atoms with Crippen molar-refractivity contribution in [2.24, 2.45) is 0 Å². The van der Waals surface area contributed by atoms with Crippen LogP contribution in [0.4, 0.5) is 0 Å². The lowest BCUT2D eigenvalue weighted by Crippen LogP contribution is -2.75. The minimum atomic E-state index is -3.00. The molecule has 0 aliphatic rings. The molecule has 0 unspecified atom stereocenters. The van der Waals surface area contributed by atoms with Gasteiger partial charge in [-0.3, -0.25) is 0 Å². The van der Waals surface area contributed by atoms with Crippen LogP contribution in [0.2, 0.25) is 0 Å². The highest BCUT2D eigenvalue weighted by atomic mass is 28.3. The molecule has 0 atom stereocenters. The molecular formula is C60H42N2Si. The minimum absolute atomic E-state index is 1.14. The first kappa shape index (κ1) is 36.8. The summed E-state index contributed by atoms with van der Waals surface area (Å²) in [6.45, 7) is 0. The number of hydrogen-bond acceptors (Lipinski definition) is 0. The maximum atomic E-state index is 2.61. The van der Waals surface area contributed by atoms with E-state index in [2.05, 4.69) is 264 Å². The van der Waals surface area contributed by atoms with E-state index in [0.29, 0.717) is 0 Å². The zero-order valence-corrected chi connectivity index (χ0v) is 35.6. The largest absolute Gasteiger partial charge is 0.307 e. The van der Waals surface area contributed by atoms with Crippen LogP contribution in [0.3, 0.4) is 0 Å². The monoisotopic (exact) mass is 818 g/mol. The minimum Gasteiger partial charge on any atom is -0.307 e. The van der Waals surface area contributed by atoms with Crippen molar-refractivity contribution in [2.45, 2.75) is 0 Å². The molecule has 0 aliphatic heterocycles. The summed E-state index contributed by atoms with van der Waals surface area (Å²) in [5.74, 6) is 0. The van der Waals surface area contributed by atoms with Crippen molar-refractivity contribution in [3.05, 3.63) is 255 Å². The van der Waals surface area contributed by atoms with Gasteiger partial charge in [0.2, 0.25) is 0 Å². The zero-order valence-electron chi connectivity index (χ0n) is 34.6. The summed E-state index contributed by atoms with van der Waals surface area (Å²) in [6.07, 6.45) is 0. The van der Waals surface area contributed by atoms with E-state index >= 15 is 0 Å². The van der Waals surface area contributed by atoms with Gasteiger partial charge in [-0.25, -0.2) is 0 Å². The average Bonchev–Trinajstić information content (AvgIpc) is 3.89. The van der Waals surface area contributed by atoms with E-state index < -0.39 is 8.07 Å². The fourth-order valence-electron chi connectivity index (χ4n) is 10.5. The van der Waals surface area contributed by atoms with E-state index in [1.807, 2.05) is 0 Å². The maximum Gasteiger partial charge on any atom is 0.181 e. The Balaban J connectivity index is 1.29.